The molecule has 1 unspecified atom stereocenters. The number of nitrogens with two attached hydrogens (primary N) is 1. The maximum atomic E-state index is 6.14. The molecular formula is C19H21N5O. The van der Waals surface area contributed by atoms with Gasteiger partial charge < -0.3 is 21.1 Å². The molecule has 1 atom stereocenters. The summed E-state index contributed by atoms with van der Waals surface area (Å²) in [7, 11) is 0. The van der Waals surface area contributed by atoms with Gasteiger partial charge >= 0.3 is 0 Å². The van der Waals surface area contributed by atoms with Crippen LogP contribution in [0.1, 0.15) is 12.5 Å². The topological polar surface area (TPSA) is 84.0 Å². The summed E-state index contributed by atoms with van der Waals surface area (Å²) in [6, 6.07) is 19.9. The summed E-state index contributed by atoms with van der Waals surface area (Å²) >= 11 is 0. The van der Waals surface area contributed by atoms with Crippen molar-refractivity contribution in [2.45, 2.75) is 12.6 Å². The summed E-state index contributed by atoms with van der Waals surface area (Å²) in [6.07, 6.45) is 0. The summed E-state index contributed by atoms with van der Waals surface area (Å²) in [6.45, 7) is 3.35. The summed E-state index contributed by atoms with van der Waals surface area (Å²) in [4.78, 5) is 9.32. The third kappa shape index (κ3) is 2.64. The van der Waals surface area contributed by atoms with Gasteiger partial charge in [-0.2, -0.15) is 4.99 Å². The largest absolute Gasteiger partial charge is 0.380 e. The van der Waals surface area contributed by atoms with Crippen LogP contribution < -0.4 is 16.4 Å². The molecule has 0 saturated carbocycles. The zero-order chi connectivity index (χ0) is 17.3. The van der Waals surface area contributed by atoms with Crippen LogP contribution in [0.4, 0.5) is 5.69 Å². The van der Waals surface area contributed by atoms with Crippen LogP contribution >= 0.6 is 0 Å². The van der Waals surface area contributed by atoms with Crippen LogP contribution in [0.2, 0.25) is 0 Å². The van der Waals surface area contributed by atoms with E-state index in [1.54, 1.807) is 0 Å². The van der Waals surface area contributed by atoms with Crippen LogP contribution in [0.5, 0.6) is 0 Å². The Bertz CT molecular complexity index is 814. The van der Waals surface area contributed by atoms with Crippen LogP contribution in [-0.4, -0.2) is 25.1 Å². The molecule has 25 heavy (non-hydrogen) atoms. The van der Waals surface area contributed by atoms with Crippen LogP contribution in [0.25, 0.3) is 0 Å². The minimum Gasteiger partial charge on any atom is -0.380 e. The van der Waals surface area contributed by atoms with Gasteiger partial charge in [0.25, 0.3) is 0 Å². The van der Waals surface area contributed by atoms with E-state index in [0.717, 1.165) is 11.3 Å². The van der Waals surface area contributed by atoms with Gasteiger partial charge in [-0.3, -0.25) is 0 Å². The molecule has 6 heteroatoms. The van der Waals surface area contributed by atoms with Crippen LogP contribution in [0.15, 0.2) is 70.6 Å². The molecule has 0 amide bonds. The summed E-state index contributed by atoms with van der Waals surface area (Å²) < 4.78 is 5.52. The highest BCUT2D eigenvalue weighted by atomic mass is 16.5. The van der Waals surface area contributed by atoms with Gasteiger partial charge in [-0.1, -0.05) is 55.5 Å². The molecule has 1 fully saturated rings. The molecule has 2 heterocycles. The lowest BCUT2D eigenvalue weighted by Crippen LogP contribution is -2.66. The standard InChI is InChI=1S/C19H21N5O/c1-18(12-25-13-18)19(14-8-4-2-5-9-14)23-16(20)22-17(24-19)21-15-10-6-3-7-11-15/h2-11H,12-13H2,1H3,(H4,20,21,22,23,24). The van der Waals surface area contributed by atoms with Gasteiger partial charge in [-0.15, -0.1) is 0 Å². The van der Waals surface area contributed by atoms with Gasteiger partial charge in [0.15, 0.2) is 11.6 Å². The molecule has 0 aliphatic carbocycles. The number of ether oxygens (including phenoxy) is 1. The molecule has 2 aliphatic heterocycles. The monoisotopic (exact) mass is 335 g/mol. The van der Waals surface area contributed by atoms with Crippen molar-refractivity contribution in [2.75, 3.05) is 18.5 Å². The number of hydrogen-bond acceptors (Lipinski definition) is 6. The minimum atomic E-state index is -0.727. The zero-order valence-corrected chi connectivity index (χ0v) is 14.1. The lowest BCUT2D eigenvalue weighted by molar-refractivity contribution is -0.150. The summed E-state index contributed by atoms with van der Waals surface area (Å²) in [5.74, 6) is 0.824. The maximum Gasteiger partial charge on any atom is 0.228 e. The van der Waals surface area contributed by atoms with Crippen molar-refractivity contribution in [1.82, 2.24) is 5.32 Å². The van der Waals surface area contributed by atoms with Gasteiger partial charge in [0.2, 0.25) is 5.96 Å². The third-order valence-electron chi connectivity index (χ3n) is 4.75. The Balaban J connectivity index is 1.79. The quantitative estimate of drug-likeness (QED) is 0.803. The van der Waals surface area contributed by atoms with Gasteiger partial charge in [0, 0.05) is 11.3 Å². The Morgan fingerprint density at radius 2 is 1.68 bits per heavy atom. The van der Waals surface area contributed by atoms with E-state index in [2.05, 4.69) is 34.7 Å². The van der Waals surface area contributed by atoms with Crippen LogP contribution in [0.3, 0.4) is 0 Å². The molecule has 2 aromatic carbocycles. The Kier molecular flexibility index (Phi) is 3.69. The number of hydrogen-bond donors (Lipinski definition) is 3. The van der Waals surface area contributed by atoms with Crippen LogP contribution in [0, 0.1) is 5.41 Å². The molecule has 0 radical (unpaired) electrons. The molecule has 4 N–H and O–H groups in total. The fraction of sp³-hybridized carbons (Fsp3) is 0.263. The molecule has 4 rings (SSSR count). The Hall–Kier alpha value is -2.86. The Labute approximate surface area is 146 Å². The van der Waals surface area contributed by atoms with E-state index in [1.807, 2.05) is 48.5 Å². The number of rotatable bonds is 3. The zero-order valence-electron chi connectivity index (χ0n) is 14.1. The number of nitrogens with zero attached hydrogens (tertiary/aromatic N) is 2. The van der Waals surface area contributed by atoms with Crippen molar-refractivity contribution in [1.29, 1.82) is 0 Å². The van der Waals surface area contributed by atoms with E-state index in [9.17, 15) is 0 Å². The minimum absolute atomic E-state index is 0.224. The average molecular weight is 335 g/mol. The second kappa shape index (κ2) is 5.89. The predicted molar refractivity (Wildman–Crippen MR) is 99.3 cm³/mol. The second-order valence-corrected chi connectivity index (χ2v) is 6.68. The van der Waals surface area contributed by atoms with Crippen molar-refractivity contribution in [3.63, 3.8) is 0 Å². The lowest BCUT2D eigenvalue weighted by Gasteiger charge is -2.52. The lowest BCUT2D eigenvalue weighted by atomic mass is 9.71. The number of guanidine groups is 2. The first-order valence-electron chi connectivity index (χ1n) is 8.29. The van der Waals surface area contributed by atoms with Gasteiger partial charge in [-0.05, 0) is 12.1 Å². The molecular weight excluding hydrogens is 314 g/mol. The first-order chi connectivity index (χ1) is 12.1. The Morgan fingerprint density at radius 3 is 2.28 bits per heavy atom. The molecule has 6 nitrogen and oxygen atoms in total. The average Bonchev–Trinajstić information content (AvgIpc) is 2.60. The fourth-order valence-corrected chi connectivity index (χ4v) is 3.31. The number of nitrogens with one attached hydrogen (secondary N) is 2. The van der Waals surface area contributed by atoms with Crippen molar-refractivity contribution in [2.24, 2.45) is 21.1 Å². The van der Waals surface area contributed by atoms with Gasteiger partial charge in [-0.25, -0.2) is 4.99 Å². The van der Waals surface area contributed by atoms with Gasteiger partial charge in [0.1, 0.15) is 0 Å². The third-order valence-corrected chi connectivity index (χ3v) is 4.75. The number of para-hydroxylation sites is 1. The molecule has 128 valence electrons. The summed E-state index contributed by atoms with van der Waals surface area (Å²) in [5, 5.41) is 6.58. The van der Waals surface area contributed by atoms with Crippen molar-refractivity contribution < 1.29 is 4.74 Å². The van der Waals surface area contributed by atoms with Crippen LogP contribution in [-0.2, 0) is 10.4 Å². The summed E-state index contributed by atoms with van der Waals surface area (Å²) in [5.41, 5.74) is 7.14. The number of anilines is 1. The normalized spacial score (nSPS) is 24.4. The van der Waals surface area contributed by atoms with Crippen molar-refractivity contribution in [3.8, 4) is 0 Å². The molecule has 1 saturated heterocycles. The molecule has 0 spiro atoms. The fourth-order valence-electron chi connectivity index (χ4n) is 3.31. The van der Waals surface area contributed by atoms with E-state index in [4.69, 9.17) is 15.5 Å². The van der Waals surface area contributed by atoms with Crippen molar-refractivity contribution in [3.05, 3.63) is 66.2 Å². The SMILES string of the molecule is CC1(C2(c3ccccc3)N=C(Nc3ccccc3)N=C(N)N2)COC1. The number of benzene rings is 2. The van der Waals surface area contributed by atoms with Crippen molar-refractivity contribution >= 4 is 17.6 Å². The van der Waals surface area contributed by atoms with E-state index in [-0.39, 0.29) is 5.41 Å². The second-order valence-electron chi connectivity index (χ2n) is 6.68. The van der Waals surface area contributed by atoms with E-state index >= 15 is 0 Å². The molecule has 0 bridgehead atoms. The molecule has 2 aromatic rings. The van der Waals surface area contributed by atoms with Gasteiger partial charge in [0.05, 0.1) is 18.6 Å². The predicted octanol–water partition coefficient (Wildman–Crippen LogP) is 2.26. The highest BCUT2D eigenvalue weighted by Crippen LogP contribution is 2.47. The smallest absolute Gasteiger partial charge is 0.228 e. The Morgan fingerprint density at radius 1 is 1.04 bits per heavy atom. The van der Waals surface area contributed by atoms with E-state index in [1.165, 1.54) is 0 Å². The first kappa shape index (κ1) is 15.7. The highest BCUT2D eigenvalue weighted by molar-refractivity contribution is 6.03. The van der Waals surface area contributed by atoms with E-state index in [0.29, 0.717) is 25.1 Å². The van der Waals surface area contributed by atoms with E-state index < -0.39 is 5.66 Å². The molecule has 0 aromatic heterocycles. The molecule has 2 aliphatic rings. The maximum absolute atomic E-state index is 6.14. The highest BCUT2D eigenvalue weighted by Gasteiger charge is 2.56. The first-order valence-corrected chi connectivity index (χ1v) is 8.29. The number of aliphatic imine (C=N–C) groups is 2.